The standard InChI is InChI=1S/C33H27Cl2N5O3/c1-3-42-31(41)30-36-40(26-19-17-25(35)18-20-26)32(2)21-33(23-9-5-4-6-10-23)39(28-12-8-7-11-27(28)38(30)32)29(37-43-33)22-13-15-24(34)16-14-22/h4-20H,3,21H2,1-2H3. The van der Waals surface area contributed by atoms with Crippen LogP contribution in [-0.2, 0) is 20.1 Å². The van der Waals surface area contributed by atoms with Gasteiger partial charge in [-0.05, 0) is 74.5 Å². The second-order valence-corrected chi connectivity index (χ2v) is 11.5. The number of hydrazone groups is 1. The molecule has 3 aliphatic rings. The molecule has 2 unspecified atom stereocenters. The normalized spacial score (nSPS) is 22.1. The van der Waals surface area contributed by atoms with Crippen LogP contribution in [-0.4, -0.2) is 29.9 Å². The molecule has 0 N–H and O–H groups in total. The molecule has 0 saturated carbocycles. The van der Waals surface area contributed by atoms with Crippen molar-refractivity contribution in [3.63, 3.8) is 0 Å². The van der Waals surface area contributed by atoms with Gasteiger partial charge < -0.3 is 9.57 Å². The van der Waals surface area contributed by atoms with Crippen LogP contribution in [0.4, 0.5) is 17.1 Å². The number of carbonyl (C=O) groups is 1. The first kappa shape index (κ1) is 27.3. The number of ether oxygens (including phenoxy) is 1. The van der Waals surface area contributed by atoms with Gasteiger partial charge >= 0.3 is 5.97 Å². The summed E-state index contributed by atoms with van der Waals surface area (Å²) in [6.07, 6.45) is 0.314. The Morgan fingerprint density at radius 3 is 2.12 bits per heavy atom. The average molecular weight is 613 g/mol. The van der Waals surface area contributed by atoms with Crippen LogP contribution in [0.5, 0.6) is 0 Å². The van der Waals surface area contributed by atoms with E-state index >= 15 is 0 Å². The minimum Gasteiger partial charge on any atom is -0.460 e. The van der Waals surface area contributed by atoms with Gasteiger partial charge in [0.1, 0.15) is 5.66 Å². The molecule has 10 heteroatoms. The van der Waals surface area contributed by atoms with E-state index in [1.807, 2.05) is 108 Å². The number of anilines is 3. The molecule has 0 amide bonds. The number of hydrogen-bond acceptors (Lipinski definition) is 8. The molecule has 7 rings (SSSR count). The summed E-state index contributed by atoms with van der Waals surface area (Å²) in [4.78, 5) is 24.3. The van der Waals surface area contributed by atoms with Gasteiger partial charge in [0.15, 0.2) is 5.84 Å². The molecule has 8 nitrogen and oxygen atoms in total. The van der Waals surface area contributed by atoms with E-state index in [4.69, 9.17) is 43.0 Å². The zero-order chi connectivity index (χ0) is 29.8. The fraction of sp³-hybridized carbons (Fsp3) is 0.182. The molecule has 0 bridgehead atoms. The summed E-state index contributed by atoms with van der Waals surface area (Å²) in [6, 6.07) is 32.8. The van der Waals surface area contributed by atoms with Crippen LogP contribution in [0.2, 0.25) is 10.0 Å². The fourth-order valence-corrected chi connectivity index (χ4v) is 6.45. The quantitative estimate of drug-likeness (QED) is 0.219. The van der Waals surface area contributed by atoms with E-state index in [1.165, 1.54) is 0 Å². The smallest absolute Gasteiger partial charge is 0.376 e. The monoisotopic (exact) mass is 611 g/mol. The molecule has 3 aliphatic heterocycles. The van der Waals surface area contributed by atoms with Crippen molar-refractivity contribution < 1.29 is 14.4 Å². The molecule has 0 saturated heterocycles. The van der Waals surface area contributed by atoms with Crippen molar-refractivity contribution in [1.82, 2.24) is 0 Å². The number of fused-ring (bicyclic) bond motifs is 5. The van der Waals surface area contributed by atoms with Gasteiger partial charge in [-0.15, -0.1) is 5.10 Å². The summed E-state index contributed by atoms with van der Waals surface area (Å²) in [5.41, 5.74) is 1.91. The van der Waals surface area contributed by atoms with Gasteiger partial charge in [-0.3, -0.25) is 9.80 Å². The number of amidine groups is 2. The van der Waals surface area contributed by atoms with Crippen LogP contribution in [0.1, 0.15) is 31.4 Å². The SMILES string of the molecule is CCOC(=O)C1=NN(c2ccc(Cl)cc2)C2(C)CC3(c4ccccc4)ON=C(c4ccc(Cl)cc4)N3c3ccccc3N12. The summed E-state index contributed by atoms with van der Waals surface area (Å²) in [5, 5.41) is 12.7. The maximum Gasteiger partial charge on any atom is 0.376 e. The van der Waals surface area contributed by atoms with Gasteiger partial charge in [-0.25, -0.2) is 9.80 Å². The molecular weight excluding hydrogens is 585 g/mol. The average Bonchev–Trinajstić information content (AvgIpc) is 3.51. The molecule has 4 aromatic rings. The molecule has 0 radical (unpaired) electrons. The van der Waals surface area contributed by atoms with Crippen molar-refractivity contribution in [2.45, 2.75) is 31.7 Å². The zero-order valence-corrected chi connectivity index (χ0v) is 25.0. The van der Waals surface area contributed by atoms with Gasteiger partial charge in [0.2, 0.25) is 11.6 Å². The number of benzene rings is 4. The number of halogens is 2. The second-order valence-electron chi connectivity index (χ2n) is 10.6. The molecule has 0 aromatic heterocycles. The van der Waals surface area contributed by atoms with E-state index in [-0.39, 0.29) is 12.4 Å². The molecule has 0 fully saturated rings. The topological polar surface area (TPSA) is 70.0 Å². The highest BCUT2D eigenvalue weighted by Gasteiger charge is 2.62. The van der Waals surface area contributed by atoms with Crippen LogP contribution in [0, 0.1) is 0 Å². The summed E-state index contributed by atoms with van der Waals surface area (Å²) in [5.74, 6) is 0.259. The Morgan fingerprint density at radius 1 is 0.860 bits per heavy atom. The van der Waals surface area contributed by atoms with Crippen LogP contribution < -0.4 is 14.8 Å². The predicted octanol–water partition coefficient (Wildman–Crippen LogP) is 7.37. The minimum absolute atomic E-state index is 0.168. The maximum atomic E-state index is 13.6. The number of nitrogens with zero attached hydrogens (tertiary/aromatic N) is 5. The lowest BCUT2D eigenvalue weighted by molar-refractivity contribution is -0.135. The van der Waals surface area contributed by atoms with Crippen LogP contribution in [0.15, 0.2) is 113 Å². The van der Waals surface area contributed by atoms with E-state index in [0.29, 0.717) is 22.3 Å². The first-order chi connectivity index (χ1) is 20.9. The van der Waals surface area contributed by atoms with Crippen LogP contribution >= 0.6 is 23.2 Å². The highest BCUT2D eigenvalue weighted by Crippen LogP contribution is 2.55. The zero-order valence-electron chi connectivity index (χ0n) is 23.4. The molecule has 0 spiro atoms. The molecule has 43 heavy (non-hydrogen) atoms. The number of oxime groups is 1. The van der Waals surface area contributed by atoms with Gasteiger partial charge in [-0.1, -0.05) is 70.8 Å². The van der Waals surface area contributed by atoms with Gasteiger partial charge in [-0.2, -0.15) is 0 Å². The number of hydrogen-bond donors (Lipinski definition) is 0. The summed E-state index contributed by atoms with van der Waals surface area (Å²) < 4.78 is 5.54. The highest BCUT2D eigenvalue weighted by molar-refractivity contribution is 6.43. The van der Waals surface area contributed by atoms with Crippen LogP contribution in [0.3, 0.4) is 0 Å². The third-order valence-corrected chi connectivity index (χ3v) is 8.50. The molecule has 2 atom stereocenters. The Balaban J connectivity index is 1.51. The summed E-state index contributed by atoms with van der Waals surface area (Å²) in [7, 11) is 0. The minimum atomic E-state index is -1.12. The Bertz CT molecular complexity index is 1760. The van der Waals surface area contributed by atoms with Crippen LogP contribution in [0.25, 0.3) is 0 Å². The largest absolute Gasteiger partial charge is 0.460 e. The third kappa shape index (κ3) is 4.24. The Kier molecular flexibility index (Phi) is 6.56. The first-order valence-corrected chi connectivity index (χ1v) is 14.7. The number of esters is 1. The van der Waals surface area contributed by atoms with Crippen molar-refractivity contribution in [1.29, 1.82) is 0 Å². The van der Waals surface area contributed by atoms with Gasteiger partial charge in [0.25, 0.3) is 0 Å². The van der Waals surface area contributed by atoms with Crippen molar-refractivity contribution in [2.75, 3.05) is 21.4 Å². The maximum absolute atomic E-state index is 13.6. The molecular formula is C33H27Cl2N5O3. The van der Waals surface area contributed by atoms with Crippen molar-refractivity contribution in [3.8, 4) is 0 Å². The highest BCUT2D eigenvalue weighted by atomic mass is 35.5. The van der Waals surface area contributed by atoms with Gasteiger partial charge in [0.05, 0.1) is 30.1 Å². The fourth-order valence-electron chi connectivity index (χ4n) is 6.19. The summed E-state index contributed by atoms with van der Waals surface area (Å²) in [6.45, 7) is 4.04. The molecule has 4 aromatic carbocycles. The lowest BCUT2D eigenvalue weighted by Crippen LogP contribution is -2.59. The number of carbonyl (C=O) groups excluding carboxylic acids is 1. The molecule has 3 heterocycles. The van der Waals surface area contributed by atoms with E-state index in [2.05, 4.69) is 4.90 Å². The predicted molar refractivity (Wildman–Crippen MR) is 170 cm³/mol. The van der Waals surface area contributed by atoms with Crippen molar-refractivity contribution in [2.24, 2.45) is 10.3 Å². The Hall–Kier alpha value is -4.53. The Morgan fingerprint density at radius 2 is 1.47 bits per heavy atom. The second kappa shape index (κ2) is 10.3. The van der Waals surface area contributed by atoms with Crippen molar-refractivity contribution >= 4 is 57.9 Å². The van der Waals surface area contributed by atoms with Crippen molar-refractivity contribution in [3.05, 3.63) is 124 Å². The van der Waals surface area contributed by atoms with E-state index in [9.17, 15) is 4.79 Å². The Labute approximate surface area is 259 Å². The van der Waals surface area contributed by atoms with E-state index in [1.54, 1.807) is 19.1 Å². The lowest BCUT2D eigenvalue weighted by atomic mass is 9.89. The van der Waals surface area contributed by atoms with E-state index < -0.39 is 17.4 Å². The first-order valence-electron chi connectivity index (χ1n) is 13.9. The van der Waals surface area contributed by atoms with E-state index in [0.717, 1.165) is 28.2 Å². The molecule has 216 valence electrons. The third-order valence-electron chi connectivity index (χ3n) is 8.00. The lowest BCUT2D eigenvalue weighted by Gasteiger charge is -2.44. The number of rotatable bonds is 5. The number of para-hydroxylation sites is 2. The van der Waals surface area contributed by atoms with Gasteiger partial charge in [0, 0.05) is 21.2 Å². The summed E-state index contributed by atoms with van der Waals surface area (Å²) >= 11 is 12.5. The molecule has 0 aliphatic carbocycles.